The van der Waals surface area contributed by atoms with E-state index in [1.165, 1.54) is 11.3 Å². The fourth-order valence-electron chi connectivity index (χ4n) is 2.39. The topological polar surface area (TPSA) is 53.4 Å². The van der Waals surface area contributed by atoms with Gasteiger partial charge in [0, 0.05) is 24.0 Å². The van der Waals surface area contributed by atoms with Gasteiger partial charge in [-0.25, -0.2) is 4.98 Å². The van der Waals surface area contributed by atoms with Crippen LogP contribution in [0.15, 0.2) is 16.8 Å². The molecule has 1 aliphatic heterocycles. The zero-order valence-corrected chi connectivity index (χ0v) is 12.8. The Labute approximate surface area is 125 Å². The van der Waals surface area contributed by atoms with E-state index >= 15 is 0 Å². The van der Waals surface area contributed by atoms with E-state index in [9.17, 15) is 9.90 Å². The zero-order chi connectivity index (χ0) is 14.1. The number of carbonyl (C=O) groups excluding carboxylic acids is 1. The molecule has 106 valence electrons. The van der Waals surface area contributed by atoms with E-state index in [1.54, 1.807) is 16.2 Å². The maximum absolute atomic E-state index is 12.5. The molecule has 1 saturated heterocycles. The Balaban J connectivity index is 1.85. The first kappa shape index (κ1) is 13.7. The number of amides is 1. The molecule has 1 amide bonds. The SMILES string of the molecule is Cc1nc(-c2ccsc2)sc1C(=O)N1CCC[C@H](O)C1. The Bertz CT molecular complexity index is 607. The summed E-state index contributed by atoms with van der Waals surface area (Å²) in [6.45, 7) is 3.03. The monoisotopic (exact) mass is 308 g/mol. The van der Waals surface area contributed by atoms with Gasteiger partial charge in [0.15, 0.2) is 0 Å². The first-order valence-electron chi connectivity index (χ1n) is 6.62. The summed E-state index contributed by atoms with van der Waals surface area (Å²) in [6, 6.07) is 2.02. The second kappa shape index (κ2) is 5.63. The maximum atomic E-state index is 12.5. The molecule has 4 nitrogen and oxygen atoms in total. The largest absolute Gasteiger partial charge is 0.391 e. The molecule has 1 atom stereocenters. The molecule has 1 fully saturated rings. The predicted octanol–water partition coefficient (Wildman–Crippen LogP) is 2.78. The third-order valence-electron chi connectivity index (χ3n) is 3.44. The standard InChI is InChI=1S/C14H16N2O2S2/c1-9-12(14(18)16-5-2-3-11(17)7-16)20-13(15-9)10-4-6-19-8-10/h4,6,8,11,17H,2-3,5,7H2,1H3/t11-/m0/s1. The Morgan fingerprint density at radius 3 is 3.10 bits per heavy atom. The van der Waals surface area contributed by atoms with Crippen molar-refractivity contribution in [3.63, 3.8) is 0 Å². The number of aromatic nitrogens is 1. The molecular formula is C14H16N2O2S2. The van der Waals surface area contributed by atoms with Gasteiger partial charge in [0.05, 0.1) is 11.8 Å². The van der Waals surface area contributed by atoms with Crippen LogP contribution in [0.3, 0.4) is 0 Å². The molecule has 2 aromatic rings. The van der Waals surface area contributed by atoms with Crippen LogP contribution < -0.4 is 0 Å². The number of hydrogen-bond acceptors (Lipinski definition) is 5. The lowest BCUT2D eigenvalue weighted by Crippen LogP contribution is -2.42. The molecule has 1 N–H and O–H groups in total. The van der Waals surface area contributed by atoms with Gasteiger partial charge in [-0.05, 0) is 31.2 Å². The number of aliphatic hydroxyl groups is 1. The van der Waals surface area contributed by atoms with Crippen molar-refractivity contribution >= 4 is 28.6 Å². The van der Waals surface area contributed by atoms with Crippen LogP contribution in [0.1, 0.15) is 28.2 Å². The number of carbonyl (C=O) groups is 1. The Morgan fingerprint density at radius 1 is 1.55 bits per heavy atom. The van der Waals surface area contributed by atoms with Crippen LogP contribution in [0.4, 0.5) is 0 Å². The summed E-state index contributed by atoms with van der Waals surface area (Å²) in [4.78, 5) is 19.5. The smallest absolute Gasteiger partial charge is 0.265 e. The molecule has 1 aliphatic rings. The minimum atomic E-state index is -0.391. The highest BCUT2D eigenvalue weighted by Gasteiger charge is 2.26. The van der Waals surface area contributed by atoms with E-state index in [2.05, 4.69) is 4.98 Å². The van der Waals surface area contributed by atoms with Crippen molar-refractivity contribution in [2.75, 3.05) is 13.1 Å². The lowest BCUT2D eigenvalue weighted by Gasteiger charge is -2.29. The summed E-state index contributed by atoms with van der Waals surface area (Å²) in [5.74, 6) is 0.000213. The lowest BCUT2D eigenvalue weighted by atomic mass is 10.1. The summed E-state index contributed by atoms with van der Waals surface area (Å²) in [6.07, 6.45) is 1.26. The summed E-state index contributed by atoms with van der Waals surface area (Å²) < 4.78 is 0. The zero-order valence-electron chi connectivity index (χ0n) is 11.2. The molecule has 6 heteroatoms. The van der Waals surface area contributed by atoms with Crippen molar-refractivity contribution < 1.29 is 9.90 Å². The minimum Gasteiger partial charge on any atom is -0.391 e. The van der Waals surface area contributed by atoms with Gasteiger partial charge in [-0.15, -0.1) is 11.3 Å². The van der Waals surface area contributed by atoms with E-state index in [0.717, 1.165) is 35.7 Å². The molecule has 0 bridgehead atoms. The second-order valence-electron chi connectivity index (χ2n) is 4.99. The fourth-order valence-corrected chi connectivity index (χ4v) is 4.13. The summed E-state index contributed by atoms with van der Waals surface area (Å²) >= 11 is 3.07. The summed E-state index contributed by atoms with van der Waals surface area (Å²) in [5, 5.41) is 14.6. The maximum Gasteiger partial charge on any atom is 0.265 e. The van der Waals surface area contributed by atoms with Gasteiger partial charge in [0.1, 0.15) is 9.88 Å². The molecule has 0 unspecified atom stereocenters. The normalized spacial score (nSPS) is 19.3. The molecule has 0 saturated carbocycles. The van der Waals surface area contributed by atoms with Crippen LogP contribution >= 0.6 is 22.7 Å². The van der Waals surface area contributed by atoms with Crippen molar-refractivity contribution in [3.8, 4) is 10.6 Å². The number of nitrogens with zero attached hydrogens (tertiary/aromatic N) is 2. The van der Waals surface area contributed by atoms with Gasteiger partial charge < -0.3 is 10.0 Å². The number of hydrogen-bond donors (Lipinski definition) is 1. The van der Waals surface area contributed by atoms with E-state index in [-0.39, 0.29) is 5.91 Å². The van der Waals surface area contributed by atoms with Crippen LogP contribution in [0.25, 0.3) is 10.6 Å². The third-order valence-corrected chi connectivity index (χ3v) is 5.32. The van der Waals surface area contributed by atoms with Gasteiger partial charge in [-0.1, -0.05) is 0 Å². The average Bonchev–Trinajstić information content (AvgIpc) is 3.07. The van der Waals surface area contributed by atoms with Crippen molar-refractivity contribution in [1.29, 1.82) is 0 Å². The number of β-amino-alcohol motifs (C(OH)–C–C–N with tert-alkyl or cyclic N) is 1. The quantitative estimate of drug-likeness (QED) is 0.928. The molecule has 2 aromatic heterocycles. The molecule has 20 heavy (non-hydrogen) atoms. The number of rotatable bonds is 2. The number of likely N-dealkylation sites (tertiary alicyclic amines) is 1. The molecule has 3 rings (SSSR count). The number of thiophene rings is 1. The molecule has 3 heterocycles. The molecule has 0 aliphatic carbocycles. The van der Waals surface area contributed by atoms with Crippen molar-refractivity contribution in [2.24, 2.45) is 0 Å². The van der Waals surface area contributed by atoms with E-state index in [1.807, 2.05) is 23.8 Å². The molecule has 0 aromatic carbocycles. The number of thiazole rings is 1. The van der Waals surface area contributed by atoms with Crippen LogP contribution in [-0.4, -0.2) is 40.1 Å². The van der Waals surface area contributed by atoms with Gasteiger partial charge in [0.2, 0.25) is 0 Å². The van der Waals surface area contributed by atoms with Gasteiger partial charge in [-0.3, -0.25) is 4.79 Å². The predicted molar refractivity (Wildman–Crippen MR) is 81.3 cm³/mol. The summed E-state index contributed by atoms with van der Waals surface area (Å²) in [7, 11) is 0. The van der Waals surface area contributed by atoms with Crippen molar-refractivity contribution in [2.45, 2.75) is 25.9 Å². The van der Waals surface area contributed by atoms with Crippen LogP contribution in [0.5, 0.6) is 0 Å². The Morgan fingerprint density at radius 2 is 2.40 bits per heavy atom. The lowest BCUT2D eigenvalue weighted by molar-refractivity contribution is 0.0477. The molecule has 0 radical (unpaired) electrons. The highest BCUT2D eigenvalue weighted by molar-refractivity contribution is 7.17. The first-order valence-corrected chi connectivity index (χ1v) is 8.38. The fraction of sp³-hybridized carbons (Fsp3) is 0.429. The first-order chi connectivity index (χ1) is 9.65. The van der Waals surface area contributed by atoms with Gasteiger partial charge in [0.25, 0.3) is 5.91 Å². The van der Waals surface area contributed by atoms with Gasteiger partial charge >= 0.3 is 0 Å². The summed E-state index contributed by atoms with van der Waals surface area (Å²) in [5.41, 5.74) is 1.85. The van der Waals surface area contributed by atoms with Crippen LogP contribution in [-0.2, 0) is 0 Å². The van der Waals surface area contributed by atoms with E-state index in [4.69, 9.17) is 0 Å². The second-order valence-corrected chi connectivity index (χ2v) is 6.77. The van der Waals surface area contributed by atoms with Gasteiger partial charge in [-0.2, -0.15) is 11.3 Å². The average molecular weight is 308 g/mol. The number of piperidine rings is 1. The Kier molecular flexibility index (Phi) is 3.87. The highest BCUT2D eigenvalue weighted by Crippen LogP contribution is 2.30. The molecular weight excluding hydrogens is 292 g/mol. The van der Waals surface area contributed by atoms with E-state index < -0.39 is 6.10 Å². The molecule has 0 spiro atoms. The Hall–Kier alpha value is -1.24. The number of aliphatic hydroxyl groups excluding tert-OH is 1. The van der Waals surface area contributed by atoms with Crippen molar-refractivity contribution in [3.05, 3.63) is 27.4 Å². The number of aryl methyl sites for hydroxylation is 1. The van der Waals surface area contributed by atoms with E-state index in [0.29, 0.717) is 11.4 Å². The third kappa shape index (κ3) is 2.63. The van der Waals surface area contributed by atoms with Crippen LogP contribution in [0, 0.1) is 6.92 Å². The van der Waals surface area contributed by atoms with Crippen LogP contribution in [0.2, 0.25) is 0 Å². The van der Waals surface area contributed by atoms with Crippen molar-refractivity contribution in [1.82, 2.24) is 9.88 Å². The minimum absolute atomic E-state index is 0.000213. The highest BCUT2D eigenvalue weighted by atomic mass is 32.1.